The molecule has 230 valence electrons. The van der Waals surface area contributed by atoms with E-state index >= 15 is 8.78 Å². The van der Waals surface area contributed by atoms with Crippen molar-refractivity contribution in [2.45, 2.75) is 51.0 Å². The first-order valence-corrected chi connectivity index (χ1v) is 15.7. The maximum Gasteiger partial charge on any atom is 0.301 e. The highest BCUT2D eigenvalue weighted by Gasteiger charge is 2.51. The predicted molar refractivity (Wildman–Crippen MR) is 163 cm³/mol. The number of anilines is 4. The van der Waals surface area contributed by atoms with E-state index in [-0.39, 0.29) is 17.7 Å². The average molecular weight is 614 g/mol. The van der Waals surface area contributed by atoms with Crippen molar-refractivity contribution in [3.8, 4) is 0 Å². The SMILES string of the molecule is CC1CC(CC(=O)N2CCC2)CN(c2ncc(Cl)c(Nc3ccc4c(c3)C3=C(CN4C)OCC(F)(F)[C@H](C4CC4)N3)n2)C1. The molecule has 3 atom stereocenters. The zero-order valence-electron chi connectivity index (χ0n) is 24.6. The lowest BCUT2D eigenvalue weighted by Gasteiger charge is -2.38. The number of rotatable bonds is 6. The van der Waals surface area contributed by atoms with Crippen LogP contribution in [0.4, 0.5) is 31.9 Å². The third-order valence-electron chi connectivity index (χ3n) is 9.32. The third-order valence-corrected chi connectivity index (χ3v) is 9.60. The predicted octanol–water partition coefficient (Wildman–Crippen LogP) is 5.11. The van der Waals surface area contributed by atoms with Gasteiger partial charge < -0.3 is 30.1 Å². The number of carbonyl (C=O) groups excluding carboxylic acids is 1. The van der Waals surface area contributed by atoms with Crippen LogP contribution in [0, 0.1) is 17.8 Å². The molecule has 5 heterocycles. The Labute approximate surface area is 255 Å². The Hall–Kier alpha value is -3.34. The number of ether oxygens (including phenoxy) is 1. The van der Waals surface area contributed by atoms with Crippen LogP contribution in [0.5, 0.6) is 0 Å². The molecular weight excluding hydrogens is 576 g/mol. The lowest BCUT2D eigenvalue weighted by atomic mass is 9.87. The molecule has 12 heteroatoms. The Kier molecular flexibility index (Phi) is 7.26. The summed E-state index contributed by atoms with van der Waals surface area (Å²) in [6, 6.07) is 4.89. The van der Waals surface area contributed by atoms with Crippen molar-refractivity contribution in [2.75, 3.05) is 61.5 Å². The molecule has 43 heavy (non-hydrogen) atoms. The van der Waals surface area contributed by atoms with Gasteiger partial charge in [-0.25, -0.2) is 13.8 Å². The number of benzene rings is 1. The molecule has 7 rings (SSSR count). The first-order chi connectivity index (χ1) is 20.6. The molecular formula is C31H38ClF2N7O2. The number of halogens is 3. The minimum Gasteiger partial charge on any atom is -0.487 e. The summed E-state index contributed by atoms with van der Waals surface area (Å²) >= 11 is 6.57. The van der Waals surface area contributed by atoms with E-state index in [1.165, 1.54) is 0 Å². The van der Waals surface area contributed by atoms with E-state index in [4.69, 9.17) is 21.3 Å². The molecule has 9 nitrogen and oxygen atoms in total. The molecule has 1 aliphatic carbocycles. The van der Waals surface area contributed by atoms with Crippen LogP contribution < -0.4 is 20.4 Å². The Balaban J connectivity index is 1.12. The molecule has 1 aromatic carbocycles. The van der Waals surface area contributed by atoms with Crippen molar-refractivity contribution in [3.05, 3.63) is 40.7 Å². The van der Waals surface area contributed by atoms with Crippen LogP contribution >= 0.6 is 11.6 Å². The van der Waals surface area contributed by atoms with Gasteiger partial charge in [0.2, 0.25) is 11.9 Å². The zero-order valence-corrected chi connectivity index (χ0v) is 25.3. The number of aromatic nitrogens is 2. The number of carbonyl (C=O) groups is 1. The summed E-state index contributed by atoms with van der Waals surface area (Å²) in [7, 11) is 1.93. The monoisotopic (exact) mass is 613 g/mol. The largest absolute Gasteiger partial charge is 0.487 e. The van der Waals surface area contributed by atoms with Crippen molar-refractivity contribution in [3.63, 3.8) is 0 Å². The van der Waals surface area contributed by atoms with Gasteiger partial charge in [0, 0.05) is 56.6 Å². The van der Waals surface area contributed by atoms with E-state index in [9.17, 15) is 4.79 Å². The van der Waals surface area contributed by atoms with Crippen LogP contribution in [0.3, 0.4) is 0 Å². The maximum absolute atomic E-state index is 15.0. The molecule has 2 N–H and O–H groups in total. The summed E-state index contributed by atoms with van der Waals surface area (Å²) in [5, 5.41) is 6.92. The lowest BCUT2D eigenvalue weighted by Crippen LogP contribution is -2.47. The van der Waals surface area contributed by atoms with Crippen LogP contribution in [0.1, 0.15) is 44.6 Å². The summed E-state index contributed by atoms with van der Waals surface area (Å²) in [4.78, 5) is 28.1. The van der Waals surface area contributed by atoms with Gasteiger partial charge in [-0.15, -0.1) is 0 Å². The Morgan fingerprint density at radius 3 is 2.81 bits per heavy atom. The summed E-state index contributed by atoms with van der Waals surface area (Å²) in [6.45, 7) is 5.24. The molecule has 2 unspecified atom stereocenters. The third kappa shape index (κ3) is 5.68. The Morgan fingerprint density at radius 2 is 2.07 bits per heavy atom. The molecule has 0 bridgehead atoms. The molecule has 0 radical (unpaired) electrons. The van der Waals surface area contributed by atoms with E-state index in [2.05, 4.69) is 27.4 Å². The molecule has 3 fully saturated rings. The fourth-order valence-corrected chi connectivity index (χ4v) is 6.99. The van der Waals surface area contributed by atoms with Crippen LogP contribution in [-0.2, 0) is 9.53 Å². The highest BCUT2D eigenvalue weighted by Crippen LogP contribution is 2.45. The second-order valence-corrected chi connectivity index (χ2v) is 13.3. The zero-order chi connectivity index (χ0) is 29.9. The number of amides is 1. The first-order valence-electron chi connectivity index (χ1n) is 15.3. The number of hydrogen-bond acceptors (Lipinski definition) is 8. The van der Waals surface area contributed by atoms with Gasteiger partial charge in [0.15, 0.2) is 12.4 Å². The molecule has 4 aliphatic heterocycles. The quantitative estimate of drug-likeness (QED) is 0.465. The second kappa shape index (κ2) is 11.0. The van der Waals surface area contributed by atoms with E-state index in [0.717, 1.165) is 62.3 Å². The number of alkyl halides is 2. The highest BCUT2D eigenvalue weighted by atomic mass is 35.5. The van der Waals surface area contributed by atoms with Gasteiger partial charge >= 0.3 is 5.92 Å². The van der Waals surface area contributed by atoms with Crippen LogP contribution in [0.15, 0.2) is 30.2 Å². The maximum atomic E-state index is 15.0. The minimum atomic E-state index is -2.95. The molecule has 2 saturated heterocycles. The number of piperidine rings is 1. The molecule has 1 aromatic heterocycles. The number of nitrogens with one attached hydrogen (secondary N) is 2. The lowest BCUT2D eigenvalue weighted by molar-refractivity contribution is -0.135. The Morgan fingerprint density at radius 1 is 1.26 bits per heavy atom. The van der Waals surface area contributed by atoms with E-state index in [0.29, 0.717) is 53.7 Å². The molecule has 1 amide bonds. The van der Waals surface area contributed by atoms with Crippen LogP contribution in [-0.4, -0.2) is 79.1 Å². The Bertz CT molecular complexity index is 1450. The summed E-state index contributed by atoms with van der Waals surface area (Å²) in [6.07, 6.45) is 5.83. The van der Waals surface area contributed by atoms with Gasteiger partial charge in [-0.05, 0) is 61.6 Å². The molecule has 0 spiro atoms. The molecule has 1 saturated carbocycles. The number of fused-ring (bicyclic) bond motifs is 2. The summed E-state index contributed by atoms with van der Waals surface area (Å²) < 4.78 is 35.7. The second-order valence-electron chi connectivity index (χ2n) is 12.9. The van der Waals surface area contributed by atoms with Gasteiger partial charge in [0.1, 0.15) is 10.8 Å². The van der Waals surface area contributed by atoms with E-state index < -0.39 is 18.6 Å². The standard InChI is InChI=1S/C31H38ClF2N7O2/c1-18-10-19(11-26(42)40-8-3-9-40)15-41(14-18)30-35-13-23(32)29(38-30)36-21-6-7-24-22(12-21)27-25(16-39(24)2)43-17-31(33,34)28(37-27)20-4-5-20/h6-7,12-13,18-20,28,37H,3-5,8-11,14-17H2,1-2H3,(H,35,36,38)/t18?,19?,28-/m0/s1. The van der Waals surface area contributed by atoms with Crippen molar-refractivity contribution < 1.29 is 18.3 Å². The van der Waals surface area contributed by atoms with Crippen molar-refractivity contribution in [1.29, 1.82) is 0 Å². The van der Waals surface area contributed by atoms with Crippen molar-refractivity contribution in [1.82, 2.24) is 20.2 Å². The van der Waals surface area contributed by atoms with Gasteiger partial charge in [0.05, 0.1) is 24.5 Å². The van der Waals surface area contributed by atoms with Crippen LogP contribution in [0.2, 0.25) is 5.02 Å². The van der Waals surface area contributed by atoms with Crippen molar-refractivity contribution >= 4 is 46.3 Å². The van der Waals surface area contributed by atoms with Gasteiger partial charge in [-0.1, -0.05) is 18.5 Å². The summed E-state index contributed by atoms with van der Waals surface area (Å²) in [5.74, 6) is -0.571. The van der Waals surface area contributed by atoms with Crippen LogP contribution in [0.25, 0.3) is 5.70 Å². The van der Waals surface area contributed by atoms with Gasteiger partial charge in [-0.2, -0.15) is 4.98 Å². The topological polar surface area (TPSA) is 85.9 Å². The average Bonchev–Trinajstić information content (AvgIpc) is 3.77. The fourth-order valence-electron chi connectivity index (χ4n) is 6.85. The summed E-state index contributed by atoms with van der Waals surface area (Å²) in [5.41, 5.74) is 3.07. The number of likely N-dealkylation sites (N-methyl/N-ethyl adjacent to an activating group) is 1. The van der Waals surface area contributed by atoms with Gasteiger partial charge in [-0.3, -0.25) is 4.79 Å². The number of likely N-dealkylation sites (tertiary alicyclic amines) is 1. The van der Waals surface area contributed by atoms with E-state index in [1.807, 2.05) is 35.0 Å². The van der Waals surface area contributed by atoms with Gasteiger partial charge in [0.25, 0.3) is 0 Å². The van der Waals surface area contributed by atoms with Crippen molar-refractivity contribution in [2.24, 2.45) is 17.8 Å². The first kappa shape index (κ1) is 28.4. The molecule has 5 aliphatic rings. The number of nitrogens with zero attached hydrogens (tertiary/aromatic N) is 5. The van der Waals surface area contributed by atoms with E-state index in [1.54, 1.807) is 6.20 Å². The highest BCUT2D eigenvalue weighted by molar-refractivity contribution is 6.32. The number of hydrogen-bond donors (Lipinski definition) is 2. The molecule has 2 aromatic rings. The minimum absolute atomic E-state index is 0.0564. The normalized spacial score (nSPS) is 26.4. The smallest absolute Gasteiger partial charge is 0.301 e. The fraction of sp³-hybridized carbons (Fsp3) is 0.581.